The minimum Gasteiger partial charge on any atom is -0.396 e. The van der Waals surface area contributed by atoms with Gasteiger partial charge in [-0.2, -0.15) is 0 Å². The molecule has 2 heterocycles. The Bertz CT molecular complexity index is 348. The molecule has 0 spiro atoms. The molecule has 1 aliphatic heterocycles. The lowest BCUT2D eigenvalue weighted by Gasteiger charge is -2.31. The molecule has 2 rings (SSSR count). The summed E-state index contributed by atoms with van der Waals surface area (Å²) in [5.41, 5.74) is 1.30. The van der Waals surface area contributed by atoms with Gasteiger partial charge >= 0.3 is 0 Å². The Morgan fingerprint density at radius 1 is 1.47 bits per heavy atom. The number of aromatic nitrogens is 1. The predicted octanol–water partition coefficient (Wildman–Crippen LogP) is 1.33. The van der Waals surface area contributed by atoms with Crippen LogP contribution in [0.3, 0.4) is 0 Å². The van der Waals surface area contributed by atoms with Crippen molar-refractivity contribution in [1.82, 2.24) is 9.88 Å². The van der Waals surface area contributed by atoms with Crippen LogP contribution in [0.5, 0.6) is 0 Å². The van der Waals surface area contributed by atoms with Crippen LogP contribution in [-0.2, 0) is 6.54 Å². The maximum Gasteiger partial charge on any atom is 0.125 e. The Hall–Kier alpha value is -1.13. The van der Waals surface area contributed by atoms with Gasteiger partial charge in [0.25, 0.3) is 0 Å². The van der Waals surface area contributed by atoms with Gasteiger partial charge in [-0.1, -0.05) is 0 Å². The molecule has 94 valence electrons. The molecule has 4 heteroatoms. The standard InChI is InChI=1S/C13H21N3O/c1-14-13-8-12(2-5-15-13)9-16-6-3-11(10-17)4-7-16/h2,5,8,11,17H,3-4,6-7,9-10H2,1H3,(H,14,15). The summed E-state index contributed by atoms with van der Waals surface area (Å²) in [4.78, 5) is 6.66. The van der Waals surface area contributed by atoms with Crippen molar-refractivity contribution < 1.29 is 5.11 Å². The van der Waals surface area contributed by atoms with E-state index < -0.39 is 0 Å². The SMILES string of the molecule is CNc1cc(CN2CCC(CO)CC2)ccn1. The number of hydrogen-bond acceptors (Lipinski definition) is 4. The summed E-state index contributed by atoms with van der Waals surface area (Å²) in [6.45, 7) is 3.49. The molecule has 1 fully saturated rings. The molecular formula is C13H21N3O. The van der Waals surface area contributed by atoms with Crippen molar-refractivity contribution in [3.8, 4) is 0 Å². The second kappa shape index (κ2) is 5.98. The van der Waals surface area contributed by atoms with E-state index in [0.717, 1.165) is 38.3 Å². The van der Waals surface area contributed by atoms with Crippen LogP contribution in [-0.4, -0.2) is 41.7 Å². The molecule has 0 aromatic carbocycles. The highest BCUT2D eigenvalue weighted by Gasteiger charge is 2.18. The molecule has 4 nitrogen and oxygen atoms in total. The zero-order chi connectivity index (χ0) is 12.1. The molecule has 17 heavy (non-hydrogen) atoms. The van der Waals surface area contributed by atoms with E-state index in [2.05, 4.69) is 27.3 Å². The third kappa shape index (κ3) is 3.41. The number of likely N-dealkylation sites (tertiary alicyclic amines) is 1. The second-order valence-electron chi connectivity index (χ2n) is 4.70. The first-order valence-corrected chi connectivity index (χ1v) is 6.27. The second-order valence-corrected chi connectivity index (χ2v) is 4.70. The normalized spacial score (nSPS) is 18.2. The Labute approximate surface area is 103 Å². The van der Waals surface area contributed by atoms with Gasteiger partial charge in [0, 0.05) is 26.4 Å². The Morgan fingerprint density at radius 2 is 2.24 bits per heavy atom. The Balaban J connectivity index is 1.88. The molecular weight excluding hydrogens is 214 g/mol. The third-order valence-corrected chi connectivity index (χ3v) is 3.45. The monoisotopic (exact) mass is 235 g/mol. The quantitative estimate of drug-likeness (QED) is 0.826. The van der Waals surface area contributed by atoms with Gasteiger partial charge in [-0.3, -0.25) is 4.90 Å². The fraction of sp³-hybridized carbons (Fsp3) is 0.615. The fourth-order valence-corrected chi connectivity index (χ4v) is 2.29. The van der Waals surface area contributed by atoms with Crippen molar-refractivity contribution in [3.05, 3.63) is 23.9 Å². The topological polar surface area (TPSA) is 48.4 Å². The van der Waals surface area contributed by atoms with Crippen LogP contribution < -0.4 is 5.32 Å². The van der Waals surface area contributed by atoms with Crippen LogP contribution in [0.1, 0.15) is 18.4 Å². The lowest BCUT2D eigenvalue weighted by Crippen LogP contribution is -2.34. The van der Waals surface area contributed by atoms with E-state index in [1.165, 1.54) is 5.56 Å². The van der Waals surface area contributed by atoms with Crippen LogP contribution in [0.2, 0.25) is 0 Å². The smallest absolute Gasteiger partial charge is 0.125 e. The third-order valence-electron chi connectivity index (χ3n) is 3.45. The van der Waals surface area contributed by atoms with Crippen LogP contribution in [0, 0.1) is 5.92 Å². The molecule has 0 bridgehead atoms. The summed E-state index contributed by atoms with van der Waals surface area (Å²) in [5, 5.41) is 12.2. The van der Waals surface area contributed by atoms with Crippen molar-refractivity contribution >= 4 is 5.82 Å². The lowest BCUT2D eigenvalue weighted by atomic mass is 9.97. The summed E-state index contributed by atoms with van der Waals surface area (Å²) in [7, 11) is 1.89. The van der Waals surface area contributed by atoms with E-state index in [0.29, 0.717) is 12.5 Å². The molecule has 0 unspecified atom stereocenters. The number of anilines is 1. The molecule has 1 aromatic rings. The highest BCUT2D eigenvalue weighted by molar-refractivity contribution is 5.36. The molecule has 0 amide bonds. The van der Waals surface area contributed by atoms with E-state index in [1.54, 1.807) is 0 Å². The van der Waals surface area contributed by atoms with Gasteiger partial charge in [0.1, 0.15) is 5.82 Å². The van der Waals surface area contributed by atoms with Crippen molar-refractivity contribution in [3.63, 3.8) is 0 Å². The molecule has 0 atom stereocenters. The van der Waals surface area contributed by atoms with Gasteiger partial charge in [-0.05, 0) is 49.5 Å². The van der Waals surface area contributed by atoms with E-state index in [1.807, 2.05) is 13.2 Å². The molecule has 0 saturated carbocycles. The van der Waals surface area contributed by atoms with Crippen molar-refractivity contribution in [1.29, 1.82) is 0 Å². The molecule has 0 aliphatic carbocycles. The van der Waals surface area contributed by atoms with E-state index in [4.69, 9.17) is 5.11 Å². The zero-order valence-electron chi connectivity index (χ0n) is 10.4. The minimum absolute atomic E-state index is 0.340. The van der Waals surface area contributed by atoms with E-state index >= 15 is 0 Å². The number of pyridine rings is 1. The number of nitrogens with zero attached hydrogens (tertiary/aromatic N) is 2. The van der Waals surface area contributed by atoms with E-state index in [9.17, 15) is 0 Å². The first kappa shape index (κ1) is 12.3. The highest BCUT2D eigenvalue weighted by Crippen LogP contribution is 2.18. The van der Waals surface area contributed by atoms with Crippen LogP contribution in [0.25, 0.3) is 0 Å². The number of rotatable bonds is 4. The highest BCUT2D eigenvalue weighted by atomic mass is 16.3. The zero-order valence-corrected chi connectivity index (χ0v) is 10.4. The first-order chi connectivity index (χ1) is 8.31. The summed E-state index contributed by atoms with van der Waals surface area (Å²) < 4.78 is 0. The van der Waals surface area contributed by atoms with Gasteiger partial charge in [0.2, 0.25) is 0 Å². The van der Waals surface area contributed by atoms with Crippen LogP contribution >= 0.6 is 0 Å². The number of nitrogens with one attached hydrogen (secondary N) is 1. The van der Waals surface area contributed by atoms with Crippen molar-refractivity contribution in [2.45, 2.75) is 19.4 Å². The van der Waals surface area contributed by atoms with Gasteiger partial charge in [0.05, 0.1) is 0 Å². The Morgan fingerprint density at radius 3 is 2.88 bits per heavy atom. The van der Waals surface area contributed by atoms with Crippen LogP contribution in [0.15, 0.2) is 18.3 Å². The molecule has 2 N–H and O–H groups in total. The molecule has 0 radical (unpaired) electrons. The number of piperidine rings is 1. The maximum absolute atomic E-state index is 9.10. The van der Waals surface area contributed by atoms with Crippen LogP contribution in [0.4, 0.5) is 5.82 Å². The average Bonchev–Trinajstić information content (AvgIpc) is 2.40. The van der Waals surface area contributed by atoms with Gasteiger partial charge < -0.3 is 10.4 Å². The number of aliphatic hydroxyl groups excluding tert-OH is 1. The average molecular weight is 235 g/mol. The van der Waals surface area contributed by atoms with Gasteiger partial charge in [0.15, 0.2) is 0 Å². The predicted molar refractivity (Wildman–Crippen MR) is 68.9 cm³/mol. The summed E-state index contributed by atoms with van der Waals surface area (Å²) >= 11 is 0. The Kier molecular flexibility index (Phi) is 4.34. The number of hydrogen-bond donors (Lipinski definition) is 2. The fourth-order valence-electron chi connectivity index (χ4n) is 2.29. The maximum atomic E-state index is 9.10. The largest absolute Gasteiger partial charge is 0.396 e. The summed E-state index contributed by atoms with van der Waals surface area (Å²) in [6, 6.07) is 4.16. The number of aliphatic hydroxyl groups is 1. The first-order valence-electron chi connectivity index (χ1n) is 6.27. The van der Waals surface area contributed by atoms with Gasteiger partial charge in [-0.15, -0.1) is 0 Å². The van der Waals surface area contributed by atoms with Gasteiger partial charge in [-0.25, -0.2) is 4.98 Å². The minimum atomic E-state index is 0.340. The molecule has 1 saturated heterocycles. The molecule has 1 aliphatic rings. The summed E-state index contributed by atoms with van der Waals surface area (Å²) in [5.74, 6) is 1.43. The lowest BCUT2D eigenvalue weighted by molar-refractivity contribution is 0.127. The molecule has 1 aromatic heterocycles. The summed E-state index contributed by atoms with van der Waals surface area (Å²) in [6.07, 6.45) is 4.07. The van der Waals surface area contributed by atoms with Crippen molar-refractivity contribution in [2.75, 3.05) is 32.1 Å². The van der Waals surface area contributed by atoms with E-state index in [-0.39, 0.29) is 0 Å². The van der Waals surface area contributed by atoms with Crippen molar-refractivity contribution in [2.24, 2.45) is 5.92 Å².